The van der Waals surface area contributed by atoms with Crippen molar-refractivity contribution in [2.24, 2.45) is 0 Å². The molecule has 0 spiro atoms. The number of amides is 1. The van der Waals surface area contributed by atoms with Gasteiger partial charge in [-0.25, -0.2) is 0 Å². The predicted molar refractivity (Wildman–Crippen MR) is 67.5 cm³/mol. The summed E-state index contributed by atoms with van der Waals surface area (Å²) in [5.41, 5.74) is 1.96. The van der Waals surface area contributed by atoms with E-state index in [1.165, 1.54) is 0 Å². The lowest BCUT2D eigenvalue weighted by molar-refractivity contribution is -0.116. The van der Waals surface area contributed by atoms with Crippen LogP contribution in [0.1, 0.15) is 12.0 Å². The molecule has 0 unspecified atom stereocenters. The highest BCUT2D eigenvalue weighted by atomic mass is 16.1. The van der Waals surface area contributed by atoms with E-state index in [1.54, 1.807) is 6.08 Å². The summed E-state index contributed by atoms with van der Waals surface area (Å²) in [4.78, 5) is 11.6. The first-order chi connectivity index (χ1) is 7.74. The summed E-state index contributed by atoms with van der Waals surface area (Å²) in [5.74, 6) is 0.0332. The van der Waals surface area contributed by atoms with Gasteiger partial charge in [0.15, 0.2) is 0 Å². The number of carbonyl (C=O) groups is 1. The first-order valence-electron chi connectivity index (χ1n) is 5.41. The largest absolute Gasteiger partial charge is 0.326 e. The lowest BCUT2D eigenvalue weighted by Crippen LogP contribution is -2.21. The highest BCUT2D eigenvalue weighted by molar-refractivity contribution is 5.91. The van der Waals surface area contributed by atoms with Crippen LogP contribution in [0, 0.1) is 6.92 Å². The molecule has 1 aromatic rings. The Morgan fingerprint density at radius 1 is 1.44 bits per heavy atom. The van der Waals surface area contributed by atoms with Crippen LogP contribution in [-0.4, -0.2) is 19.0 Å². The molecular formula is C13H18N2O. The number of anilines is 1. The fourth-order valence-corrected chi connectivity index (χ4v) is 1.33. The number of benzene rings is 1. The van der Waals surface area contributed by atoms with Gasteiger partial charge in [-0.3, -0.25) is 4.79 Å². The number of carbonyl (C=O) groups excluding carboxylic acids is 1. The van der Waals surface area contributed by atoms with E-state index in [4.69, 9.17) is 0 Å². The Kier molecular flexibility index (Phi) is 5.29. The standard InChI is InChI=1S/C13H18N2O/c1-3-9-14-10-8-13(16)15-12-7-5-4-6-11(12)2/h3-7,14H,1,8-10H2,2H3,(H,15,16). The average Bonchev–Trinajstić information content (AvgIpc) is 2.28. The van der Waals surface area contributed by atoms with Crippen molar-refractivity contribution < 1.29 is 4.79 Å². The molecule has 0 heterocycles. The molecule has 1 amide bonds. The van der Waals surface area contributed by atoms with Crippen molar-refractivity contribution in [1.82, 2.24) is 5.32 Å². The molecule has 0 saturated heterocycles. The predicted octanol–water partition coefficient (Wildman–Crippen LogP) is 2.10. The third-order valence-corrected chi connectivity index (χ3v) is 2.24. The zero-order valence-electron chi connectivity index (χ0n) is 9.62. The number of rotatable bonds is 6. The molecule has 1 aromatic carbocycles. The van der Waals surface area contributed by atoms with Crippen molar-refractivity contribution in [2.75, 3.05) is 18.4 Å². The minimum Gasteiger partial charge on any atom is -0.326 e. The van der Waals surface area contributed by atoms with Crippen LogP contribution in [0.4, 0.5) is 5.69 Å². The number of para-hydroxylation sites is 1. The van der Waals surface area contributed by atoms with Gasteiger partial charge in [-0.05, 0) is 18.6 Å². The topological polar surface area (TPSA) is 41.1 Å². The van der Waals surface area contributed by atoms with Gasteiger partial charge in [-0.15, -0.1) is 6.58 Å². The number of hydrogen-bond acceptors (Lipinski definition) is 2. The van der Waals surface area contributed by atoms with Gasteiger partial charge >= 0.3 is 0 Å². The van der Waals surface area contributed by atoms with Gasteiger partial charge in [0.25, 0.3) is 0 Å². The van der Waals surface area contributed by atoms with Crippen LogP contribution in [0.2, 0.25) is 0 Å². The second kappa shape index (κ2) is 6.80. The molecule has 16 heavy (non-hydrogen) atoms. The third-order valence-electron chi connectivity index (χ3n) is 2.24. The molecule has 2 N–H and O–H groups in total. The van der Waals surface area contributed by atoms with Crippen molar-refractivity contribution in [3.8, 4) is 0 Å². The number of aryl methyl sites for hydroxylation is 1. The third kappa shape index (κ3) is 4.28. The molecule has 3 nitrogen and oxygen atoms in total. The Bertz CT molecular complexity index is 361. The first kappa shape index (κ1) is 12.5. The van der Waals surface area contributed by atoms with E-state index in [1.807, 2.05) is 31.2 Å². The monoisotopic (exact) mass is 218 g/mol. The van der Waals surface area contributed by atoms with Gasteiger partial charge in [-0.2, -0.15) is 0 Å². The van der Waals surface area contributed by atoms with Gasteiger partial charge < -0.3 is 10.6 Å². The summed E-state index contributed by atoms with van der Waals surface area (Å²) in [5, 5.41) is 5.97. The van der Waals surface area contributed by atoms with E-state index in [9.17, 15) is 4.79 Å². The van der Waals surface area contributed by atoms with Crippen molar-refractivity contribution in [3.05, 3.63) is 42.5 Å². The summed E-state index contributed by atoms with van der Waals surface area (Å²) >= 11 is 0. The maximum absolute atomic E-state index is 11.6. The van der Waals surface area contributed by atoms with Crippen LogP contribution in [0.15, 0.2) is 36.9 Å². The Balaban J connectivity index is 2.34. The van der Waals surface area contributed by atoms with Crippen LogP contribution in [-0.2, 0) is 4.79 Å². The van der Waals surface area contributed by atoms with Crippen LogP contribution in [0.5, 0.6) is 0 Å². The molecule has 0 fully saturated rings. The number of nitrogens with one attached hydrogen (secondary N) is 2. The second-order valence-electron chi connectivity index (χ2n) is 3.61. The SMILES string of the molecule is C=CCNCCC(=O)Nc1ccccc1C. The van der Waals surface area contributed by atoms with E-state index in [2.05, 4.69) is 17.2 Å². The Hall–Kier alpha value is -1.61. The summed E-state index contributed by atoms with van der Waals surface area (Å²) in [7, 11) is 0. The van der Waals surface area contributed by atoms with Crippen LogP contribution >= 0.6 is 0 Å². The molecule has 3 heteroatoms. The second-order valence-corrected chi connectivity index (χ2v) is 3.61. The minimum absolute atomic E-state index is 0.0332. The normalized spacial score (nSPS) is 9.81. The fraction of sp³-hybridized carbons (Fsp3) is 0.308. The Morgan fingerprint density at radius 3 is 2.88 bits per heavy atom. The van der Waals surface area contributed by atoms with Crippen molar-refractivity contribution in [2.45, 2.75) is 13.3 Å². The molecule has 0 aromatic heterocycles. The lowest BCUT2D eigenvalue weighted by atomic mass is 10.2. The minimum atomic E-state index is 0.0332. The Morgan fingerprint density at radius 2 is 2.19 bits per heavy atom. The van der Waals surface area contributed by atoms with Crippen molar-refractivity contribution in [3.63, 3.8) is 0 Å². The molecule has 86 valence electrons. The first-order valence-corrected chi connectivity index (χ1v) is 5.41. The lowest BCUT2D eigenvalue weighted by Gasteiger charge is -2.07. The summed E-state index contributed by atoms with van der Waals surface area (Å²) in [6.07, 6.45) is 2.25. The van der Waals surface area contributed by atoms with Crippen LogP contribution in [0.25, 0.3) is 0 Å². The van der Waals surface area contributed by atoms with E-state index >= 15 is 0 Å². The van der Waals surface area contributed by atoms with Gasteiger partial charge in [0.05, 0.1) is 0 Å². The zero-order chi connectivity index (χ0) is 11.8. The molecule has 0 saturated carbocycles. The highest BCUT2D eigenvalue weighted by Gasteiger charge is 2.02. The van der Waals surface area contributed by atoms with Gasteiger partial charge in [0.1, 0.15) is 0 Å². The van der Waals surface area contributed by atoms with Gasteiger partial charge in [0, 0.05) is 25.2 Å². The smallest absolute Gasteiger partial charge is 0.225 e. The maximum Gasteiger partial charge on any atom is 0.225 e. The van der Waals surface area contributed by atoms with E-state index in [-0.39, 0.29) is 5.91 Å². The molecule has 0 bridgehead atoms. The van der Waals surface area contributed by atoms with Crippen LogP contribution < -0.4 is 10.6 Å². The molecule has 1 rings (SSSR count). The molecule has 0 aliphatic heterocycles. The summed E-state index contributed by atoms with van der Waals surface area (Å²) in [6, 6.07) is 7.76. The quantitative estimate of drug-likeness (QED) is 0.567. The van der Waals surface area contributed by atoms with Gasteiger partial charge in [0.2, 0.25) is 5.91 Å². The van der Waals surface area contributed by atoms with Crippen LogP contribution in [0.3, 0.4) is 0 Å². The molecule has 0 radical (unpaired) electrons. The van der Waals surface area contributed by atoms with Gasteiger partial charge in [-0.1, -0.05) is 24.3 Å². The van der Waals surface area contributed by atoms with E-state index in [0.29, 0.717) is 13.0 Å². The molecule has 0 atom stereocenters. The maximum atomic E-state index is 11.6. The average molecular weight is 218 g/mol. The summed E-state index contributed by atoms with van der Waals surface area (Å²) < 4.78 is 0. The number of hydrogen-bond donors (Lipinski definition) is 2. The Labute approximate surface area is 96.6 Å². The molecule has 0 aliphatic carbocycles. The van der Waals surface area contributed by atoms with Crippen molar-refractivity contribution in [1.29, 1.82) is 0 Å². The molecule has 0 aliphatic rings. The van der Waals surface area contributed by atoms with Crippen molar-refractivity contribution >= 4 is 11.6 Å². The highest BCUT2D eigenvalue weighted by Crippen LogP contribution is 2.12. The molecular weight excluding hydrogens is 200 g/mol. The van der Waals surface area contributed by atoms with E-state index < -0.39 is 0 Å². The zero-order valence-corrected chi connectivity index (χ0v) is 9.62. The fourth-order valence-electron chi connectivity index (χ4n) is 1.33. The van der Waals surface area contributed by atoms with E-state index in [0.717, 1.165) is 17.8 Å². The summed E-state index contributed by atoms with van der Waals surface area (Å²) in [6.45, 7) is 6.98.